The fourth-order valence-electron chi connectivity index (χ4n) is 1.77. The number of aromatic nitrogens is 3. The van der Waals surface area contributed by atoms with Crippen molar-refractivity contribution in [3.8, 4) is 0 Å². The molecule has 6 nitrogen and oxygen atoms in total. The van der Waals surface area contributed by atoms with Crippen LogP contribution in [0.3, 0.4) is 0 Å². The number of nitrogens with zero attached hydrogens (tertiary/aromatic N) is 3. The summed E-state index contributed by atoms with van der Waals surface area (Å²) in [6.07, 6.45) is 6.71. The van der Waals surface area contributed by atoms with Crippen molar-refractivity contribution < 1.29 is 4.74 Å². The maximum Gasteiger partial charge on any atom is 0.180 e. The van der Waals surface area contributed by atoms with Gasteiger partial charge in [0.1, 0.15) is 5.82 Å². The van der Waals surface area contributed by atoms with E-state index in [1.54, 1.807) is 6.20 Å². The first-order valence-corrected chi connectivity index (χ1v) is 6.74. The maximum atomic E-state index is 5.31. The van der Waals surface area contributed by atoms with E-state index < -0.39 is 0 Å². The van der Waals surface area contributed by atoms with Crippen molar-refractivity contribution in [2.24, 2.45) is 0 Å². The number of rotatable bonds is 8. The monoisotopic (exact) mass is 263 g/mol. The molecule has 0 amide bonds. The Balaban J connectivity index is 2.12. The molecule has 2 aromatic heterocycles. The van der Waals surface area contributed by atoms with Gasteiger partial charge in [-0.2, -0.15) is 0 Å². The third-order valence-corrected chi connectivity index (χ3v) is 2.67. The summed E-state index contributed by atoms with van der Waals surface area (Å²) in [4.78, 5) is 8.86. The Morgan fingerprint density at radius 1 is 1.26 bits per heavy atom. The average Bonchev–Trinajstić information content (AvgIpc) is 2.89. The predicted octanol–water partition coefficient (Wildman–Crippen LogP) is 2.00. The lowest BCUT2D eigenvalue weighted by molar-refractivity contribution is 0.158. The van der Waals surface area contributed by atoms with Gasteiger partial charge < -0.3 is 19.8 Å². The second-order valence-corrected chi connectivity index (χ2v) is 4.18. The molecule has 0 bridgehead atoms. The van der Waals surface area contributed by atoms with Crippen LogP contribution in [-0.4, -0.2) is 40.7 Å². The molecule has 6 heteroatoms. The van der Waals surface area contributed by atoms with Crippen LogP contribution in [0.1, 0.15) is 20.3 Å². The summed E-state index contributed by atoms with van der Waals surface area (Å²) in [6.45, 7) is 7.14. The van der Waals surface area contributed by atoms with E-state index in [2.05, 4.69) is 27.5 Å². The van der Waals surface area contributed by atoms with Crippen LogP contribution in [0.25, 0.3) is 5.65 Å². The van der Waals surface area contributed by atoms with Crippen LogP contribution in [0.5, 0.6) is 0 Å². The molecule has 2 aromatic rings. The van der Waals surface area contributed by atoms with Crippen LogP contribution in [0.2, 0.25) is 0 Å². The van der Waals surface area contributed by atoms with Gasteiger partial charge in [-0.1, -0.05) is 6.92 Å². The topological polar surface area (TPSA) is 63.5 Å². The van der Waals surface area contributed by atoms with Gasteiger partial charge in [-0.25, -0.2) is 9.97 Å². The molecule has 0 saturated carbocycles. The summed E-state index contributed by atoms with van der Waals surface area (Å²) in [5.74, 6) is 1.64. The van der Waals surface area contributed by atoms with Gasteiger partial charge in [-0.05, 0) is 13.3 Å². The van der Waals surface area contributed by atoms with Crippen molar-refractivity contribution in [1.29, 1.82) is 0 Å². The molecule has 0 saturated heterocycles. The van der Waals surface area contributed by atoms with E-state index in [9.17, 15) is 0 Å². The molecule has 0 aliphatic heterocycles. The van der Waals surface area contributed by atoms with E-state index in [1.807, 2.05) is 23.7 Å². The van der Waals surface area contributed by atoms with Crippen molar-refractivity contribution in [1.82, 2.24) is 14.4 Å². The predicted molar refractivity (Wildman–Crippen MR) is 76.8 cm³/mol. The molecule has 0 spiro atoms. The van der Waals surface area contributed by atoms with Gasteiger partial charge >= 0.3 is 0 Å². The summed E-state index contributed by atoms with van der Waals surface area (Å²) in [5, 5.41) is 6.55. The quantitative estimate of drug-likeness (QED) is 0.713. The van der Waals surface area contributed by atoms with E-state index in [4.69, 9.17) is 4.74 Å². The lowest BCUT2D eigenvalue weighted by Gasteiger charge is -2.10. The van der Waals surface area contributed by atoms with Gasteiger partial charge in [0.2, 0.25) is 0 Å². The van der Waals surface area contributed by atoms with Crippen molar-refractivity contribution in [3.63, 3.8) is 0 Å². The highest BCUT2D eigenvalue weighted by molar-refractivity contribution is 5.65. The number of ether oxygens (including phenoxy) is 1. The van der Waals surface area contributed by atoms with E-state index in [0.717, 1.165) is 43.4 Å². The first kappa shape index (κ1) is 13.6. The normalized spacial score (nSPS) is 10.8. The minimum Gasteiger partial charge on any atom is -0.380 e. The molecular weight excluding hydrogens is 242 g/mol. The Morgan fingerprint density at radius 2 is 2.16 bits per heavy atom. The minimum atomic E-state index is 0.664. The van der Waals surface area contributed by atoms with Crippen LogP contribution in [0, 0.1) is 0 Å². The molecule has 2 heterocycles. The van der Waals surface area contributed by atoms with Crippen LogP contribution in [0.4, 0.5) is 11.6 Å². The van der Waals surface area contributed by atoms with E-state index in [0.29, 0.717) is 6.61 Å². The molecule has 19 heavy (non-hydrogen) atoms. The van der Waals surface area contributed by atoms with Crippen LogP contribution >= 0.6 is 0 Å². The molecule has 104 valence electrons. The molecule has 0 fully saturated rings. The largest absolute Gasteiger partial charge is 0.380 e. The van der Waals surface area contributed by atoms with Gasteiger partial charge in [0.25, 0.3) is 0 Å². The molecule has 0 aliphatic carbocycles. The van der Waals surface area contributed by atoms with Gasteiger partial charge in [0.15, 0.2) is 11.5 Å². The Morgan fingerprint density at radius 3 is 2.95 bits per heavy atom. The van der Waals surface area contributed by atoms with Crippen molar-refractivity contribution in [3.05, 3.63) is 18.6 Å². The van der Waals surface area contributed by atoms with E-state index in [-0.39, 0.29) is 0 Å². The lowest BCUT2D eigenvalue weighted by Crippen LogP contribution is -2.13. The Kier molecular flexibility index (Phi) is 4.97. The molecule has 0 aromatic carbocycles. The maximum absolute atomic E-state index is 5.31. The fraction of sp³-hybridized carbons (Fsp3) is 0.538. The smallest absolute Gasteiger partial charge is 0.180 e. The zero-order chi connectivity index (χ0) is 13.5. The van der Waals surface area contributed by atoms with E-state index in [1.165, 1.54) is 0 Å². The van der Waals surface area contributed by atoms with Gasteiger partial charge in [-0.3, -0.25) is 0 Å². The number of hydrogen-bond acceptors (Lipinski definition) is 5. The second kappa shape index (κ2) is 6.94. The van der Waals surface area contributed by atoms with Crippen molar-refractivity contribution in [2.75, 3.05) is 36.9 Å². The van der Waals surface area contributed by atoms with Crippen molar-refractivity contribution in [2.45, 2.75) is 20.3 Å². The number of nitrogens with one attached hydrogen (secondary N) is 2. The molecule has 2 rings (SSSR count). The van der Waals surface area contributed by atoms with Crippen LogP contribution in [-0.2, 0) is 4.74 Å². The number of hydrogen-bond donors (Lipinski definition) is 2. The number of imidazole rings is 1. The highest BCUT2D eigenvalue weighted by atomic mass is 16.5. The Bertz CT molecular complexity index is 511. The first-order chi connectivity index (χ1) is 9.35. The van der Waals surface area contributed by atoms with Crippen LogP contribution in [0.15, 0.2) is 18.6 Å². The van der Waals surface area contributed by atoms with Crippen LogP contribution < -0.4 is 10.6 Å². The molecule has 0 unspecified atom stereocenters. The fourth-order valence-corrected chi connectivity index (χ4v) is 1.77. The third kappa shape index (κ3) is 3.57. The lowest BCUT2D eigenvalue weighted by atomic mass is 10.4. The highest BCUT2D eigenvalue weighted by Crippen LogP contribution is 2.16. The van der Waals surface area contributed by atoms with Gasteiger partial charge in [-0.15, -0.1) is 0 Å². The third-order valence-electron chi connectivity index (χ3n) is 2.67. The minimum absolute atomic E-state index is 0.664. The molecule has 0 atom stereocenters. The standard InChI is InChI=1S/C13H21N5O/c1-3-5-14-11-10-18-8-6-16-13(18)12(17-11)15-7-9-19-4-2/h6,8,10,14H,3-5,7,9H2,1-2H3,(H,15,17). The highest BCUT2D eigenvalue weighted by Gasteiger charge is 2.06. The number of fused-ring (bicyclic) bond motifs is 1. The SMILES string of the molecule is CCCNc1cn2ccnc2c(NCCOCC)n1. The zero-order valence-electron chi connectivity index (χ0n) is 11.5. The summed E-state index contributed by atoms with van der Waals surface area (Å²) in [6, 6.07) is 0. The summed E-state index contributed by atoms with van der Waals surface area (Å²) in [7, 11) is 0. The molecule has 0 radical (unpaired) electrons. The number of anilines is 2. The molecule has 2 N–H and O–H groups in total. The molecule has 0 aliphatic rings. The summed E-state index contributed by atoms with van der Waals surface area (Å²) < 4.78 is 7.28. The van der Waals surface area contributed by atoms with Gasteiger partial charge in [0.05, 0.1) is 12.8 Å². The van der Waals surface area contributed by atoms with Crippen molar-refractivity contribution >= 4 is 17.3 Å². The molecular formula is C13H21N5O. The zero-order valence-corrected chi connectivity index (χ0v) is 11.5. The average molecular weight is 263 g/mol. The first-order valence-electron chi connectivity index (χ1n) is 6.74. The van der Waals surface area contributed by atoms with E-state index >= 15 is 0 Å². The van der Waals surface area contributed by atoms with Gasteiger partial charge in [0, 0.05) is 32.1 Å². The second-order valence-electron chi connectivity index (χ2n) is 4.18. The summed E-state index contributed by atoms with van der Waals surface area (Å²) >= 11 is 0. The Hall–Kier alpha value is -1.82. The Labute approximate surface area is 113 Å². The summed E-state index contributed by atoms with van der Waals surface area (Å²) in [5.41, 5.74) is 0.832.